The van der Waals surface area contributed by atoms with Gasteiger partial charge in [-0.3, -0.25) is 0 Å². The van der Waals surface area contributed by atoms with Gasteiger partial charge >= 0.3 is 82.7 Å². The Bertz CT molecular complexity index is 255. The summed E-state index contributed by atoms with van der Waals surface area (Å²) in [5, 5.41) is 7.22. The minimum absolute atomic E-state index is 0.576. The summed E-state index contributed by atoms with van der Waals surface area (Å²) in [5.41, 5.74) is 1.16. The third kappa shape index (κ3) is 3.19. The molecule has 0 unspecified atom stereocenters. The first-order valence-electron chi connectivity index (χ1n) is 3.17. The molecule has 0 spiro atoms. The predicted molar refractivity (Wildman–Crippen MR) is 51.3 cm³/mol. The third-order valence-corrected chi connectivity index (χ3v) is 2.11. The molecule has 1 aromatic carbocycles. The molecule has 1 radical (unpaired) electrons. The summed E-state index contributed by atoms with van der Waals surface area (Å²) < 4.78 is 1.65. The van der Waals surface area contributed by atoms with E-state index in [0.717, 1.165) is 10.0 Å². The number of hydrogen-bond donors (Lipinski definition) is 1. The molecule has 0 aliphatic heterocycles. The van der Waals surface area contributed by atoms with Crippen LogP contribution in [0.1, 0.15) is 5.56 Å². The molecule has 0 aliphatic carbocycles. The summed E-state index contributed by atoms with van der Waals surface area (Å²) in [6.07, 6.45) is 0.702. The Balaban J connectivity index is 2.74. The van der Waals surface area contributed by atoms with Crippen LogP contribution in [0, 0.1) is 5.41 Å². The first-order chi connectivity index (χ1) is 5.18. The van der Waals surface area contributed by atoms with Crippen LogP contribution in [0.15, 0.2) is 28.7 Å². The van der Waals surface area contributed by atoms with Crippen molar-refractivity contribution in [3.63, 3.8) is 0 Å². The van der Waals surface area contributed by atoms with E-state index >= 15 is 0 Å². The van der Waals surface area contributed by atoms with Gasteiger partial charge in [-0.1, -0.05) is 0 Å². The second kappa shape index (κ2) is 4.05. The van der Waals surface area contributed by atoms with E-state index in [1.165, 1.54) is 0 Å². The van der Waals surface area contributed by atoms with Crippen molar-refractivity contribution >= 4 is 36.6 Å². The molecule has 57 valence electrons. The molecule has 1 nitrogen and oxygen atoms in total. The Morgan fingerprint density at radius 3 is 2.36 bits per heavy atom. The third-order valence-electron chi connectivity index (χ3n) is 1.28. The predicted octanol–water partition coefficient (Wildman–Crippen LogP) is 2.14. The summed E-state index contributed by atoms with van der Waals surface area (Å²) in [6, 6.07) is 7.99. The molecule has 0 bridgehead atoms. The maximum atomic E-state index is 7.22. The molecule has 0 amide bonds. The quantitative estimate of drug-likeness (QED) is 0.632. The van der Waals surface area contributed by atoms with Crippen molar-refractivity contribution in [2.75, 3.05) is 0 Å². The minimum atomic E-state index is 0.576. The standard InChI is InChI=1S/C8H7BrNSe/c9-7-3-1-6(2-4-7)5-8(10)11/h1-4,10H,5H2. The van der Waals surface area contributed by atoms with Crippen LogP contribution in [-0.2, 0) is 6.42 Å². The fourth-order valence-corrected chi connectivity index (χ4v) is 1.40. The average molecular weight is 276 g/mol. The number of nitrogens with one attached hydrogen (secondary N) is 1. The van der Waals surface area contributed by atoms with E-state index in [2.05, 4.69) is 31.9 Å². The molecule has 1 rings (SSSR count). The molecule has 0 fully saturated rings. The Labute approximate surface area is 82.6 Å². The zero-order valence-electron chi connectivity index (χ0n) is 5.80. The number of benzene rings is 1. The normalized spacial score (nSPS) is 9.55. The Hall–Kier alpha value is -0.111. The summed E-state index contributed by atoms with van der Waals surface area (Å²) in [7, 11) is 0. The molecule has 1 N–H and O–H groups in total. The number of rotatable bonds is 2. The molecule has 1 aromatic rings. The van der Waals surface area contributed by atoms with E-state index in [1.807, 2.05) is 24.3 Å². The van der Waals surface area contributed by atoms with Gasteiger partial charge in [-0.2, -0.15) is 0 Å². The first kappa shape index (κ1) is 8.98. The van der Waals surface area contributed by atoms with Crippen molar-refractivity contribution in [2.45, 2.75) is 6.42 Å². The molecular formula is C8H7BrNSe. The number of hydrogen-bond acceptors (Lipinski definition) is 1. The van der Waals surface area contributed by atoms with Gasteiger partial charge in [-0.25, -0.2) is 0 Å². The zero-order valence-corrected chi connectivity index (χ0v) is 9.10. The van der Waals surface area contributed by atoms with Crippen LogP contribution in [0.4, 0.5) is 0 Å². The maximum absolute atomic E-state index is 7.22. The first-order valence-corrected chi connectivity index (χ1v) is 4.82. The Morgan fingerprint density at radius 1 is 1.36 bits per heavy atom. The second-order valence-corrected chi connectivity index (χ2v) is 4.18. The van der Waals surface area contributed by atoms with Crippen LogP contribution in [0.2, 0.25) is 0 Å². The van der Waals surface area contributed by atoms with Gasteiger partial charge in [-0.05, 0) is 0 Å². The van der Waals surface area contributed by atoms with Gasteiger partial charge in [0, 0.05) is 0 Å². The molecule has 11 heavy (non-hydrogen) atoms. The summed E-state index contributed by atoms with van der Waals surface area (Å²) in [6.45, 7) is 0. The van der Waals surface area contributed by atoms with E-state index < -0.39 is 0 Å². The summed E-state index contributed by atoms with van der Waals surface area (Å²) in [5.74, 6) is 0. The molecule has 0 aliphatic rings. The van der Waals surface area contributed by atoms with Crippen LogP contribution >= 0.6 is 15.9 Å². The average Bonchev–Trinajstić information content (AvgIpc) is 1.93. The Kier molecular flexibility index (Phi) is 3.31. The van der Waals surface area contributed by atoms with Crippen LogP contribution in [-0.4, -0.2) is 20.6 Å². The van der Waals surface area contributed by atoms with E-state index in [4.69, 9.17) is 5.41 Å². The van der Waals surface area contributed by atoms with Crippen LogP contribution in [0.3, 0.4) is 0 Å². The van der Waals surface area contributed by atoms with Crippen molar-refractivity contribution in [3.8, 4) is 0 Å². The Morgan fingerprint density at radius 2 is 1.91 bits per heavy atom. The van der Waals surface area contributed by atoms with Gasteiger partial charge in [0.15, 0.2) is 0 Å². The fraction of sp³-hybridized carbons (Fsp3) is 0.125. The van der Waals surface area contributed by atoms with Crippen molar-refractivity contribution in [3.05, 3.63) is 34.3 Å². The van der Waals surface area contributed by atoms with E-state index in [0.29, 0.717) is 11.0 Å². The second-order valence-electron chi connectivity index (χ2n) is 2.23. The van der Waals surface area contributed by atoms with E-state index in [9.17, 15) is 0 Å². The molecular weight excluding hydrogens is 269 g/mol. The van der Waals surface area contributed by atoms with Gasteiger partial charge in [0.1, 0.15) is 0 Å². The molecule has 0 atom stereocenters. The molecule has 0 saturated carbocycles. The topological polar surface area (TPSA) is 23.9 Å². The van der Waals surface area contributed by atoms with Crippen molar-refractivity contribution in [1.29, 1.82) is 5.41 Å². The summed E-state index contributed by atoms with van der Waals surface area (Å²) >= 11 is 6.02. The van der Waals surface area contributed by atoms with E-state index in [-0.39, 0.29) is 0 Å². The summed E-state index contributed by atoms with van der Waals surface area (Å²) in [4.78, 5) is 0. The van der Waals surface area contributed by atoms with Gasteiger partial charge in [0.05, 0.1) is 0 Å². The number of halogens is 1. The van der Waals surface area contributed by atoms with Crippen molar-refractivity contribution in [1.82, 2.24) is 0 Å². The molecule has 0 heterocycles. The van der Waals surface area contributed by atoms with Gasteiger partial charge in [-0.15, -0.1) is 0 Å². The van der Waals surface area contributed by atoms with Crippen molar-refractivity contribution in [2.24, 2.45) is 0 Å². The monoisotopic (exact) mass is 276 g/mol. The van der Waals surface area contributed by atoms with Crippen LogP contribution < -0.4 is 0 Å². The SMILES string of the molecule is N=C([Se])Cc1ccc(Br)cc1. The molecule has 0 aromatic heterocycles. The van der Waals surface area contributed by atoms with Gasteiger partial charge in [0.2, 0.25) is 0 Å². The molecule has 0 saturated heterocycles. The van der Waals surface area contributed by atoms with Gasteiger partial charge < -0.3 is 0 Å². The van der Waals surface area contributed by atoms with Crippen LogP contribution in [0.25, 0.3) is 0 Å². The zero-order chi connectivity index (χ0) is 8.27. The fourth-order valence-electron chi connectivity index (χ4n) is 0.788. The van der Waals surface area contributed by atoms with E-state index in [1.54, 1.807) is 0 Å². The van der Waals surface area contributed by atoms with Gasteiger partial charge in [0.25, 0.3) is 0 Å². The van der Waals surface area contributed by atoms with Crippen LogP contribution in [0.5, 0.6) is 0 Å². The molecule has 3 heteroatoms. The van der Waals surface area contributed by atoms with Crippen molar-refractivity contribution < 1.29 is 0 Å².